The summed E-state index contributed by atoms with van der Waals surface area (Å²) >= 11 is 1.17. The number of amides is 1. The van der Waals surface area contributed by atoms with Crippen molar-refractivity contribution in [3.05, 3.63) is 16.3 Å². The third kappa shape index (κ3) is 3.03. The molecule has 0 radical (unpaired) electrons. The molecule has 1 N–H and O–H groups in total. The Bertz CT molecular complexity index is 781. The van der Waals surface area contributed by atoms with Crippen LogP contribution in [-0.4, -0.2) is 64.3 Å². The van der Waals surface area contributed by atoms with Crippen LogP contribution in [0.15, 0.2) is 16.3 Å². The third-order valence-corrected chi connectivity index (χ3v) is 8.53. The predicted molar refractivity (Wildman–Crippen MR) is 99.3 cm³/mol. The van der Waals surface area contributed by atoms with Gasteiger partial charge in [-0.15, -0.1) is 11.3 Å². The lowest BCUT2D eigenvalue weighted by atomic mass is 9.48. The fourth-order valence-corrected chi connectivity index (χ4v) is 7.71. The van der Waals surface area contributed by atoms with Crippen LogP contribution in [0, 0.1) is 16.7 Å². The van der Waals surface area contributed by atoms with Crippen molar-refractivity contribution in [3.8, 4) is 0 Å². The van der Waals surface area contributed by atoms with Gasteiger partial charge in [0.1, 0.15) is 0 Å². The van der Waals surface area contributed by atoms with E-state index in [4.69, 9.17) is 0 Å². The molecule has 25 heavy (non-hydrogen) atoms. The number of thiophene rings is 1. The van der Waals surface area contributed by atoms with Crippen molar-refractivity contribution in [3.63, 3.8) is 0 Å². The maximum atomic E-state index is 13.1. The van der Waals surface area contributed by atoms with Crippen LogP contribution < -0.4 is 5.32 Å². The zero-order valence-corrected chi connectivity index (χ0v) is 17.1. The Morgan fingerprint density at radius 1 is 1.44 bits per heavy atom. The van der Waals surface area contributed by atoms with Gasteiger partial charge in [0.15, 0.2) is 0 Å². The number of hydrogen-bond donors (Lipinski definition) is 1. The first-order chi connectivity index (χ1) is 11.5. The lowest BCUT2D eigenvalue weighted by molar-refractivity contribution is -0.0789. The molecule has 1 amide bonds. The number of fused-ring (bicyclic) bond motifs is 1. The number of sulfonamides is 1. The first-order valence-electron chi connectivity index (χ1n) is 8.47. The van der Waals surface area contributed by atoms with E-state index in [1.165, 1.54) is 17.4 Å². The molecule has 2 heterocycles. The van der Waals surface area contributed by atoms with Crippen LogP contribution >= 0.6 is 11.3 Å². The molecule has 0 unspecified atom stereocenters. The predicted octanol–water partition coefficient (Wildman–Crippen LogP) is 1.71. The van der Waals surface area contributed by atoms with Crippen LogP contribution in [0.25, 0.3) is 0 Å². The van der Waals surface area contributed by atoms with E-state index >= 15 is 0 Å². The quantitative estimate of drug-likeness (QED) is 0.838. The number of nitrogens with one attached hydrogen (secondary N) is 1. The molecule has 8 heteroatoms. The summed E-state index contributed by atoms with van der Waals surface area (Å²) in [5.74, 6) is 0.118. The van der Waals surface area contributed by atoms with Gasteiger partial charge in [-0.1, -0.05) is 13.8 Å². The summed E-state index contributed by atoms with van der Waals surface area (Å²) in [6.45, 7) is 6.49. The minimum Gasteiger partial charge on any atom is -0.354 e. The number of carbonyl (C=O) groups is 1. The fourth-order valence-electron chi connectivity index (χ4n) is 4.95. The molecule has 1 aliphatic heterocycles. The molecule has 0 aromatic carbocycles. The van der Waals surface area contributed by atoms with Gasteiger partial charge >= 0.3 is 0 Å². The third-order valence-electron chi connectivity index (χ3n) is 5.66. The molecular weight excluding hydrogens is 358 g/mol. The van der Waals surface area contributed by atoms with Gasteiger partial charge in [-0.25, -0.2) is 8.42 Å². The molecule has 0 spiro atoms. The Morgan fingerprint density at radius 3 is 2.68 bits per heavy atom. The lowest BCUT2D eigenvalue weighted by Crippen LogP contribution is -2.57. The highest BCUT2D eigenvalue weighted by Crippen LogP contribution is 2.63. The van der Waals surface area contributed by atoms with Crippen LogP contribution in [0.5, 0.6) is 0 Å². The maximum absolute atomic E-state index is 13.1. The Labute approximate surface area is 154 Å². The van der Waals surface area contributed by atoms with Crippen molar-refractivity contribution in [1.29, 1.82) is 0 Å². The smallest absolute Gasteiger partial charge is 0.261 e. The van der Waals surface area contributed by atoms with Crippen LogP contribution in [0.2, 0.25) is 0 Å². The molecule has 0 bridgehead atoms. The van der Waals surface area contributed by atoms with Gasteiger partial charge in [0.25, 0.3) is 5.91 Å². The normalized spacial score (nSPS) is 28.6. The molecule has 2 fully saturated rings. The Morgan fingerprint density at radius 2 is 2.12 bits per heavy atom. The van der Waals surface area contributed by atoms with E-state index in [9.17, 15) is 13.2 Å². The summed E-state index contributed by atoms with van der Waals surface area (Å²) in [6.07, 6.45) is 1.04. The SMILES string of the molecule is CNC(=O)c1cc(S(=O)(=O)N2C[C@@H]3C(C)(C)C[C@]3(CN(C)C)C2)cs1. The summed E-state index contributed by atoms with van der Waals surface area (Å²) in [5.41, 5.74) is 0.210. The molecule has 1 aromatic rings. The highest BCUT2D eigenvalue weighted by molar-refractivity contribution is 7.89. The maximum Gasteiger partial charge on any atom is 0.261 e. The molecule has 6 nitrogen and oxygen atoms in total. The minimum absolute atomic E-state index is 0.0414. The fraction of sp³-hybridized carbons (Fsp3) is 0.706. The van der Waals surface area contributed by atoms with E-state index in [1.54, 1.807) is 16.7 Å². The summed E-state index contributed by atoms with van der Waals surface area (Å²) in [6, 6.07) is 1.49. The average Bonchev–Trinajstić information content (AvgIpc) is 3.09. The molecule has 3 rings (SSSR count). The first-order valence-corrected chi connectivity index (χ1v) is 10.8. The van der Waals surface area contributed by atoms with Gasteiger partial charge in [0.05, 0.1) is 9.77 Å². The van der Waals surface area contributed by atoms with E-state index in [0.717, 1.165) is 13.0 Å². The second-order valence-corrected chi connectivity index (χ2v) is 11.2. The van der Waals surface area contributed by atoms with E-state index in [1.807, 2.05) is 14.1 Å². The highest BCUT2D eigenvalue weighted by atomic mass is 32.2. The standard InChI is InChI=1S/C17H27N3O3S2/c1-16(2)9-17(10-19(4)5)11-20(7-14(16)17)25(22,23)12-6-13(24-8-12)15(21)18-3/h6,8,14H,7,9-11H2,1-5H3,(H,18,21)/t14-,17+/m1/s1. The van der Waals surface area contributed by atoms with Crippen molar-refractivity contribution in [2.75, 3.05) is 40.8 Å². The lowest BCUT2D eigenvalue weighted by Gasteiger charge is -2.57. The Kier molecular flexibility index (Phi) is 4.55. The van der Waals surface area contributed by atoms with Gasteiger partial charge < -0.3 is 10.2 Å². The van der Waals surface area contributed by atoms with Gasteiger partial charge in [0.2, 0.25) is 10.0 Å². The molecular formula is C17H27N3O3S2. The van der Waals surface area contributed by atoms with E-state index < -0.39 is 10.0 Å². The topological polar surface area (TPSA) is 69.7 Å². The van der Waals surface area contributed by atoms with E-state index in [2.05, 4.69) is 24.1 Å². The Balaban J connectivity index is 1.87. The highest BCUT2D eigenvalue weighted by Gasteiger charge is 2.64. The van der Waals surface area contributed by atoms with E-state index in [0.29, 0.717) is 23.9 Å². The van der Waals surface area contributed by atoms with Crippen molar-refractivity contribution >= 4 is 27.3 Å². The summed E-state index contributed by atoms with van der Waals surface area (Å²) in [7, 11) is 2.07. The molecule has 2 atom stereocenters. The summed E-state index contributed by atoms with van der Waals surface area (Å²) < 4.78 is 27.8. The molecule has 1 saturated heterocycles. The monoisotopic (exact) mass is 385 g/mol. The Hall–Kier alpha value is -0.960. The summed E-state index contributed by atoms with van der Waals surface area (Å²) in [5, 5.41) is 4.11. The van der Waals surface area contributed by atoms with Gasteiger partial charge in [-0.2, -0.15) is 4.31 Å². The molecule has 1 aliphatic carbocycles. The minimum atomic E-state index is -3.56. The van der Waals surface area contributed by atoms with Crippen LogP contribution in [-0.2, 0) is 10.0 Å². The van der Waals surface area contributed by atoms with E-state index in [-0.39, 0.29) is 21.6 Å². The zero-order valence-electron chi connectivity index (χ0n) is 15.5. The van der Waals surface area contributed by atoms with Gasteiger partial charge in [-0.3, -0.25) is 4.79 Å². The second kappa shape index (κ2) is 6.04. The van der Waals surface area contributed by atoms with Crippen LogP contribution in [0.3, 0.4) is 0 Å². The molecule has 140 valence electrons. The second-order valence-electron chi connectivity index (χ2n) is 8.34. The van der Waals surface area contributed by atoms with Crippen LogP contribution in [0.4, 0.5) is 0 Å². The number of carbonyl (C=O) groups excluding carboxylic acids is 1. The number of hydrogen-bond acceptors (Lipinski definition) is 5. The van der Waals surface area contributed by atoms with Crippen molar-refractivity contribution < 1.29 is 13.2 Å². The molecule has 1 saturated carbocycles. The van der Waals surface area contributed by atoms with Crippen molar-refractivity contribution in [2.24, 2.45) is 16.7 Å². The van der Waals surface area contributed by atoms with Crippen molar-refractivity contribution in [2.45, 2.75) is 25.2 Å². The summed E-state index contributed by atoms with van der Waals surface area (Å²) in [4.78, 5) is 14.5. The zero-order chi connectivity index (χ0) is 18.6. The number of nitrogens with zero attached hydrogens (tertiary/aromatic N) is 2. The number of rotatable bonds is 5. The van der Waals surface area contributed by atoms with Gasteiger partial charge in [-0.05, 0) is 37.9 Å². The first kappa shape index (κ1) is 18.8. The van der Waals surface area contributed by atoms with Crippen molar-refractivity contribution in [1.82, 2.24) is 14.5 Å². The van der Waals surface area contributed by atoms with Gasteiger partial charge in [0, 0.05) is 37.5 Å². The van der Waals surface area contributed by atoms with Crippen LogP contribution in [0.1, 0.15) is 29.9 Å². The largest absolute Gasteiger partial charge is 0.354 e. The molecule has 1 aromatic heterocycles. The molecule has 2 aliphatic rings. The average molecular weight is 386 g/mol.